The van der Waals surface area contributed by atoms with Gasteiger partial charge in [0.2, 0.25) is 12.7 Å². The highest BCUT2D eigenvalue weighted by atomic mass is 19.4. The smallest absolute Gasteiger partial charge is 0.416 e. The van der Waals surface area contributed by atoms with Crippen molar-refractivity contribution in [2.75, 3.05) is 19.2 Å². The first-order chi connectivity index (χ1) is 15.2. The first kappa shape index (κ1) is 21.2. The van der Waals surface area contributed by atoms with Crippen LogP contribution in [0.3, 0.4) is 0 Å². The normalized spacial score (nSPS) is 12.5. The maximum absolute atomic E-state index is 13.0. The largest absolute Gasteiger partial charge is 0.495 e. The number of fused-ring (bicyclic) bond motifs is 1. The third-order valence-corrected chi connectivity index (χ3v) is 4.63. The second-order valence-electron chi connectivity index (χ2n) is 6.74. The average Bonchev–Trinajstić information content (AvgIpc) is 3.22. The third-order valence-electron chi connectivity index (χ3n) is 4.63. The molecule has 166 valence electrons. The van der Waals surface area contributed by atoms with E-state index in [1.54, 1.807) is 18.2 Å². The van der Waals surface area contributed by atoms with Crippen LogP contribution in [0, 0.1) is 0 Å². The molecule has 1 N–H and O–H groups in total. The highest BCUT2D eigenvalue weighted by molar-refractivity contribution is 5.92. The monoisotopic (exact) mass is 447 g/mol. The van der Waals surface area contributed by atoms with Crippen LogP contribution in [0.1, 0.15) is 5.56 Å². The molecule has 4 rings (SSSR count). The summed E-state index contributed by atoms with van der Waals surface area (Å²) in [7, 11) is 1.26. The van der Waals surface area contributed by atoms with Gasteiger partial charge in [0, 0.05) is 11.6 Å². The average molecular weight is 447 g/mol. The Morgan fingerprint density at radius 2 is 1.91 bits per heavy atom. The molecular formula is C21H16F3N3O5. The van der Waals surface area contributed by atoms with E-state index < -0.39 is 29.8 Å². The number of methoxy groups -OCH3 is 1. The van der Waals surface area contributed by atoms with Crippen LogP contribution in [-0.4, -0.2) is 29.6 Å². The molecule has 1 aliphatic heterocycles. The number of amides is 1. The molecule has 0 aliphatic carbocycles. The number of carbonyl (C=O) groups excluding carboxylic acids is 1. The molecule has 11 heteroatoms. The van der Waals surface area contributed by atoms with Gasteiger partial charge in [-0.15, -0.1) is 0 Å². The fourth-order valence-corrected chi connectivity index (χ4v) is 3.08. The lowest BCUT2D eigenvalue weighted by molar-refractivity contribution is -0.137. The Hall–Kier alpha value is -4.02. The molecule has 0 saturated carbocycles. The zero-order valence-electron chi connectivity index (χ0n) is 16.6. The van der Waals surface area contributed by atoms with Crippen molar-refractivity contribution >= 4 is 11.6 Å². The van der Waals surface area contributed by atoms with Crippen LogP contribution in [-0.2, 0) is 17.5 Å². The Kier molecular flexibility index (Phi) is 5.47. The van der Waals surface area contributed by atoms with Crippen LogP contribution in [0.25, 0.3) is 11.3 Å². The molecule has 0 fully saturated rings. The topological polar surface area (TPSA) is 91.7 Å². The van der Waals surface area contributed by atoms with Gasteiger partial charge < -0.3 is 19.5 Å². The SMILES string of the molecule is COc1ccc(C(F)(F)F)cc1NC(=O)Cn1nc(-c2ccc3c(c2)OCO3)ccc1=O. The van der Waals surface area contributed by atoms with Gasteiger partial charge in [-0.05, 0) is 42.5 Å². The number of nitrogens with zero attached hydrogens (tertiary/aromatic N) is 2. The van der Waals surface area contributed by atoms with E-state index in [1.165, 1.54) is 19.2 Å². The molecule has 1 amide bonds. The number of ether oxygens (including phenoxy) is 3. The summed E-state index contributed by atoms with van der Waals surface area (Å²) in [4.78, 5) is 24.7. The summed E-state index contributed by atoms with van der Waals surface area (Å²) in [6.07, 6.45) is -4.59. The van der Waals surface area contributed by atoms with Crippen LogP contribution in [0.5, 0.6) is 17.2 Å². The molecule has 1 aliphatic rings. The molecule has 0 saturated heterocycles. The number of carbonyl (C=O) groups is 1. The van der Waals surface area contributed by atoms with E-state index in [0.29, 0.717) is 22.8 Å². The number of halogens is 3. The molecule has 3 aromatic rings. The van der Waals surface area contributed by atoms with E-state index in [1.807, 2.05) is 0 Å². The van der Waals surface area contributed by atoms with E-state index >= 15 is 0 Å². The molecular weight excluding hydrogens is 431 g/mol. The summed E-state index contributed by atoms with van der Waals surface area (Å²) in [5.74, 6) is 0.397. The zero-order valence-corrected chi connectivity index (χ0v) is 16.6. The van der Waals surface area contributed by atoms with E-state index in [4.69, 9.17) is 14.2 Å². The summed E-state index contributed by atoms with van der Waals surface area (Å²) in [5, 5.41) is 6.53. The van der Waals surface area contributed by atoms with E-state index in [-0.39, 0.29) is 18.2 Å². The molecule has 0 unspecified atom stereocenters. The van der Waals surface area contributed by atoms with Gasteiger partial charge in [-0.1, -0.05) is 0 Å². The van der Waals surface area contributed by atoms with Crippen molar-refractivity contribution in [3.63, 3.8) is 0 Å². The predicted molar refractivity (Wildman–Crippen MR) is 107 cm³/mol. The Morgan fingerprint density at radius 3 is 2.66 bits per heavy atom. The fourth-order valence-electron chi connectivity index (χ4n) is 3.08. The lowest BCUT2D eigenvalue weighted by Crippen LogP contribution is -2.29. The van der Waals surface area contributed by atoms with Gasteiger partial charge in [-0.25, -0.2) is 4.68 Å². The highest BCUT2D eigenvalue weighted by Gasteiger charge is 2.31. The lowest BCUT2D eigenvalue weighted by atomic mass is 10.1. The molecule has 0 spiro atoms. The molecule has 8 nitrogen and oxygen atoms in total. The van der Waals surface area contributed by atoms with Crippen LogP contribution in [0.15, 0.2) is 53.3 Å². The number of aromatic nitrogens is 2. The molecule has 0 atom stereocenters. The number of hydrogen-bond acceptors (Lipinski definition) is 6. The molecule has 2 aromatic carbocycles. The summed E-state index contributed by atoms with van der Waals surface area (Å²) in [6, 6.07) is 10.5. The first-order valence-electron chi connectivity index (χ1n) is 9.28. The van der Waals surface area contributed by atoms with Gasteiger partial charge in [-0.2, -0.15) is 18.3 Å². The van der Waals surface area contributed by atoms with E-state index in [2.05, 4.69) is 10.4 Å². The van der Waals surface area contributed by atoms with Gasteiger partial charge in [0.25, 0.3) is 5.56 Å². The minimum absolute atomic E-state index is 0.0424. The van der Waals surface area contributed by atoms with Crippen molar-refractivity contribution in [1.29, 1.82) is 0 Å². The van der Waals surface area contributed by atoms with Crippen molar-refractivity contribution in [3.8, 4) is 28.5 Å². The summed E-state index contributed by atoms with van der Waals surface area (Å²) >= 11 is 0. The quantitative estimate of drug-likeness (QED) is 0.646. The van der Waals surface area contributed by atoms with Crippen LogP contribution < -0.4 is 25.1 Å². The maximum Gasteiger partial charge on any atom is 0.416 e. The molecule has 1 aromatic heterocycles. The van der Waals surface area contributed by atoms with Crippen molar-refractivity contribution in [1.82, 2.24) is 9.78 Å². The number of rotatable bonds is 5. The zero-order chi connectivity index (χ0) is 22.9. The van der Waals surface area contributed by atoms with Gasteiger partial charge >= 0.3 is 6.18 Å². The number of nitrogens with one attached hydrogen (secondary N) is 1. The Morgan fingerprint density at radius 1 is 1.12 bits per heavy atom. The Balaban J connectivity index is 1.56. The standard InChI is InChI=1S/C21H16F3N3O5/c1-30-16-6-3-13(21(22,23)24)9-15(16)25-19(28)10-27-20(29)7-4-14(26-27)12-2-5-17-18(8-12)32-11-31-17/h2-9H,10-11H2,1H3,(H,25,28). The molecule has 0 radical (unpaired) electrons. The first-order valence-corrected chi connectivity index (χ1v) is 9.28. The summed E-state index contributed by atoms with van der Waals surface area (Å²) < 4.78 is 55.5. The van der Waals surface area contributed by atoms with Crippen molar-refractivity contribution < 1.29 is 32.2 Å². The van der Waals surface area contributed by atoms with E-state index in [0.717, 1.165) is 22.9 Å². The number of alkyl halides is 3. The van der Waals surface area contributed by atoms with E-state index in [9.17, 15) is 22.8 Å². The molecule has 0 bridgehead atoms. The second kappa shape index (κ2) is 8.25. The van der Waals surface area contributed by atoms with Crippen LogP contribution >= 0.6 is 0 Å². The van der Waals surface area contributed by atoms with Crippen molar-refractivity contribution in [2.45, 2.75) is 12.7 Å². The Labute approximate surface area is 179 Å². The summed E-state index contributed by atoms with van der Waals surface area (Å²) in [5.41, 5.74) is -0.656. The maximum atomic E-state index is 13.0. The second-order valence-corrected chi connectivity index (χ2v) is 6.74. The van der Waals surface area contributed by atoms with Crippen molar-refractivity contribution in [2.24, 2.45) is 0 Å². The van der Waals surface area contributed by atoms with Crippen molar-refractivity contribution in [3.05, 3.63) is 64.4 Å². The predicted octanol–water partition coefficient (Wildman–Crippen LogP) is 3.31. The molecule has 2 heterocycles. The van der Waals surface area contributed by atoms with Crippen LogP contribution in [0.2, 0.25) is 0 Å². The number of hydrogen-bond donors (Lipinski definition) is 1. The van der Waals surface area contributed by atoms with Gasteiger partial charge in [0.05, 0.1) is 24.1 Å². The number of benzene rings is 2. The lowest BCUT2D eigenvalue weighted by Gasteiger charge is -2.14. The minimum Gasteiger partial charge on any atom is -0.495 e. The fraction of sp³-hybridized carbons (Fsp3) is 0.190. The molecule has 32 heavy (non-hydrogen) atoms. The van der Waals surface area contributed by atoms with Crippen LogP contribution in [0.4, 0.5) is 18.9 Å². The highest BCUT2D eigenvalue weighted by Crippen LogP contribution is 2.36. The van der Waals surface area contributed by atoms with Gasteiger partial charge in [0.1, 0.15) is 12.3 Å². The summed E-state index contributed by atoms with van der Waals surface area (Å²) in [6.45, 7) is -0.415. The van der Waals surface area contributed by atoms with Gasteiger partial charge in [0.15, 0.2) is 11.5 Å². The Bertz CT molecular complexity index is 1240. The van der Waals surface area contributed by atoms with Gasteiger partial charge in [-0.3, -0.25) is 9.59 Å². The minimum atomic E-state index is -4.59. The third kappa shape index (κ3) is 4.36. The number of anilines is 1.